The summed E-state index contributed by atoms with van der Waals surface area (Å²) in [6.07, 6.45) is 1.89. The summed E-state index contributed by atoms with van der Waals surface area (Å²) in [5, 5.41) is 23.3. The van der Waals surface area contributed by atoms with Gasteiger partial charge in [0, 0.05) is 12.1 Å². The van der Waals surface area contributed by atoms with Gasteiger partial charge in [-0.3, -0.25) is 10.1 Å². The quantitative estimate of drug-likeness (QED) is 0.617. The van der Waals surface area contributed by atoms with E-state index in [4.69, 9.17) is 0 Å². The molecule has 6 heteroatoms. The number of nitro groups is 1. The van der Waals surface area contributed by atoms with Crippen molar-refractivity contribution in [2.75, 3.05) is 6.54 Å². The lowest BCUT2D eigenvalue weighted by Gasteiger charge is -2.10. The van der Waals surface area contributed by atoms with E-state index in [9.17, 15) is 15.2 Å². The molecular weight excluding hydrogens is 232 g/mol. The Bertz CT molecular complexity index is 392. The van der Waals surface area contributed by atoms with Crippen molar-refractivity contribution < 1.29 is 10.0 Å². The highest BCUT2D eigenvalue weighted by Crippen LogP contribution is 2.32. The van der Waals surface area contributed by atoms with Gasteiger partial charge in [0.15, 0.2) is 0 Å². The molecule has 1 heterocycles. The average Bonchev–Trinajstić information content (AvgIpc) is 2.69. The molecule has 0 spiro atoms. The van der Waals surface area contributed by atoms with Crippen LogP contribution in [0.5, 0.6) is 5.75 Å². The highest BCUT2D eigenvalue weighted by Gasteiger charge is 2.24. The average molecular weight is 245 g/mol. The van der Waals surface area contributed by atoms with Crippen LogP contribution in [-0.4, -0.2) is 16.6 Å². The fourth-order valence-corrected chi connectivity index (χ4v) is 1.94. The van der Waals surface area contributed by atoms with Crippen LogP contribution >= 0.6 is 12.4 Å². The number of phenolic OH excluding ortho intramolecular Hbond substituents is 1. The number of phenols is 1. The minimum absolute atomic E-state index is 0. The molecule has 1 atom stereocenters. The third-order valence-corrected chi connectivity index (χ3v) is 2.64. The van der Waals surface area contributed by atoms with Crippen LogP contribution in [0.2, 0.25) is 0 Å². The Labute approximate surface area is 99.0 Å². The number of nitrogens with zero attached hydrogens (tertiary/aromatic N) is 1. The zero-order valence-electron chi connectivity index (χ0n) is 8.55. The number of hydrogen-bond donors (Lipinski definition) is 2. The molecule has 0 saturated carbocycles. The van der Waals surface area contributed by atoms with Crippen LogP contribution in [0.4, 0.5) is 5.69 Å². The van der Waals surface area contributed by atoms with Crippen molar-refractivity contribution in [2.45, 2.75) is 18.9 Å². The van der Waals surface area contributed by atoms with Crippen molar-refractivity contribution >= 4 is 18.1 Å². The maximum atomic E-state index is 10.8. The van der Waals surface area contributed by atoms with Gasteiger partial charge in [0.05, 0.1) is 10.5 Å². The second-order valence-electron chi connectivity index (χ2n) is 3.65. The zero-order chi connectivity index (χ0) is 10.8. The van der Waals surface area contributed by atoms with Gasteiger partial charge in [-0.15, -0.1) is 12.4 Å². The van der Waals surface area contributed by atoms with E-state index in [0.717, 1.165) is 19.4 Å². The lowest BCUT2D eigenvalue weighted by molar-refractivity contribution is -0.385. The minimum Gasteiger partial charge on any atom is -0.508 e. The van der Waals surface area contributed by atoms with Gasteiger partial charge in [0.2, 0.25) is 0 Å². The van der Waals surface area contributed by atoms with Crippen molar-refractivity contribution in [3.63, 3.8) is 0 Å². The molecule has 0 aliphatic carbocycles. The predicted octanol–water partition coefficient (Wildman–Crippen LogP) is 2.15. The predicted molar refractivity (Wildman–Crippen MR) is 62.0 cm³/mol. The molecule has 0 radical (unpaired) electrons. The Morgan fingerprint density at radius 1 is 1.50 bits per heavy atom. The first-order valence-corrected chi connectivity index (χ1v) is 4.89. The number of rotatable bonds is 2. The van der Waals surface area contributed by atoms with Crippen LogP contribution < -0.4 is 5.32 Å². The molecule has 0 amide bonds. The van der Waals surface area contributed by atoms with E-state index in [-0.39, 0.29) is 29.9 Å². The summed E-state index contributed by atoms with van der Waals surface area (Å²) in [5.41, 5.74) is 0.657. The van der Waals surface area contributed by atoms with Crippen LogP contribution in [0.3, 0.4) is 0 Å². The van der Waals surface area contributed by atoms with Gasteiger partial charge in [-0.05, 0) is 31.5 Å². The first kappa shape index (κ1) is 12.7. The summed E-state index contributed by atoms with van der Waals surface area (Å²) < 4.78 is 0. The molecule has 1 saturated heterocycles. The Kier molecular flexibility index (Phi) is 4.09. The van der Waals surface area contributed by atoms with Crippen molar-refractivity contribution in [1.29, 1.82) is 0 Å². The Hall–Kier alpha value is -1.33. The second-order valence-corrected chi connectivity index (χ2v) is 3.65. The third kappa shape index (κ3) is 2.43. The van der Waals surface area contributed by atoms with E-state index >= 15 is 0 Å². The molecular formula is C10H13ClN2O3. The van der Waals surface area contributed by atoms with Gasteiger partial charge < -0.3 is 10.4 Å². The first-order valence-electron chi connectivity index (χ1n) is 4.89. The smallest absolute Gasteiger partial charge is 0.274 e. The molecule has 2 N–H and O–H groups in total. The highest BCUT2D eigenvalue weighted by molar-refractivity contribution is 5.85. The number of nitro benzene ring substituents is 1. The highest BCUT2D eigenvalue weighted by atomic mass is 35.5. The van der Waals surface area contributed by atoms with Crippen LogP contribution in [-0.2, 0) is 0 Å². The normalized spacial score (nSPS) is 19.1. The lowest BCUT2D eigenvalue weighted by atomic mass is 10.0. The summed E-state index contributed by atoms with van der Waals surface area (Å²) in [6.45, 7) is 0.872. The first-order chi connectivity index (χ1) is 7.18. The topological polar surface area (TPSA) is 75.4 Å². The molecule has 0 aromatic heterocycles. The molecule has 1 aromatic rings. The van der Waals surface area contributed by atoms with Gasteiger partial charge >= 0.3 is 0 Å². The van der Waals surface area contributed by atoms with Crippen LogP contribution in [0.15, 0.2) is 18.2 Å². The molecule has 1 fully saturated rings. The number of halogens is 1. The Morgan fingerprint density at radius 2 is 2.25 bits per heavy atom. The molecule has 88 valence electrons. The van der Waals surface area contributed by atoms with Crippen LogP contribution in [0.25, 0.3) is 0 Å². The van der Waals surface area contributed by atoms with Crippen molar-refractivity contribution in [2.24, 2.45) is 0 Å². The molecule has 1 aliphatic heterocycles. The SMILES string of the molecule is Cl.O=[N+]([O-])c1ccc(O)cc1[C@H]1CCCN1. The lowest BCUT2D eigenvalue weighted by Crippen LogP contribution is -2.14. The summed E-state index contributed by atoms with van der Waals surface area (Å²) in [7, 11) is 0. The number of hydrogen-bond acceptors (Lipinski definition) is 4. The molecule has 16 heavy (non-hydrogen) atoms. The van der Waals surface area contributed by atoms with Gasteiger partial charge in [0.1, 0.15) is 5.75 Å². The standard InChI is InChI=1S/C10H12N2O3.ClH/c13-7-3-4-10(12(14)15)8(6-7)9-2-1-5-11-9;/h3-4,6,9,11,13H,1-2,5H2;1H/t9-;/m1./s1. The summed E-state index contributed by atoms with van der Waals surface area (Å²) in [4.78, 5) is 10.4. The fraction of sp³-hybridized carbons (Fsp3) is 0.400. The Morgan fingerprint density at radius 3 is 2.81 bits per heavy atom. The molecule has 5 nitrogen and oxygen atoms in total. The number of benzene rings is 1. The van der Waals surface area contributed by atoms with E-state index in [2.05, 4.69) is 5.32 Å². The molecule has 0 bridgehead atoms. The monoisotopic (exact) mass is 244 g/mol. The molecule has 0 unspecified atom stereocenters. The number of nitrogens with one attached hydrogen (secondary N) is 1. The van der Waals surface area contributed by atoms with Gasteiger partial charge in [-0.2, -0.15) is 0 Å². The van der Waals surface area contributed by atoms with Crippen molar-refractivity contribution in [1.82, 2.24) is 5.32 Å². The molecule has 2 rings (SSSR count). The molecule has 1 aromatic carbocycles. The summed E-state index contributed by atoms with van der Waals surface area (Å²) >= 11 is 0. The van der Waals surface area contributed by atoms with Gasteiger partial charge in [-0.1, -0.05) is 0 Å². The van der Waals surface area contributed by atoms with Crippen molar-refractivity contribution in [3.05, 3.63) is 33.9 Å². The van der Waals surface area contributed by atoms with Crippen LogP contribution in [0, 0.1) is 10.1 Å². The maximum absolute atomic E-state index is 10.8. The minimum atomic E-state index is -0.408. The molecule has 1 aliphatic rings. The Balaban J connectivity index is 0.00000128. The van der Waals surface area contributed by atoms with E-state index < -0.39 is 4.92 Å². The summed E-state index contributed by atoms with van der Waals surface area (Å²) in [6, 6.07) is 4.17. The van der Waals surface area contributed by atoms with Gasteiger partial charge in [-0.25, -0.2) is 0 Å². The van der Waals surface area contributed by atoms with E-state index in [0.29, 0.717) is 5.56 Å². The van der Waals surface area contributed by atoms with Crippen LogP contribution in [0.1, 0.15) is 24.4 Å². The summed E-state index contributed by atoms with van der Waals surface area (Å²) in [5.74, 6) is 0.0734. The van der Waals surface area contributed by atoms with E-state index in [1.54, 1.807) is 0 Å². The van der Waals surface area contributed by atoms with Gasteiger partial charge in [0.25, 0.3) is 5.69 Å². The van der Waals surface area contributed by atoms with E-state index in [1.165, 1.54) is 18.2 Å². The zero-order valence-corrected chi connectivity index (χ0v) is 9.37. The maximum Gasteiger partial charge on any atom is 0.274 e. The number of aromatic hydroxyl groups is 1. The second kappa shape index (κ2) is 5.14. The largest absolute Gasteiger partial charge is 0.508 e. The van der Waals surface area contributed by atoms with Crippen molar-refractivity contribution in [3.8, 4) is 5.75 Å². The fourth-order valence-electron chi connectivity index (χ4n) is 1.94. The third-order valence-electron chi connectivity index (χ3n) is 2.64. The van der Waals surface area contributed by atoms with E-state index in [1.807, 2.05) is 0 Å².